The summed E-state index contributed by atoms with van der Waals surface area (Å²) in [5.41, 5.74) is 17.7. The number of likely N-dealkylation sites (tertiary alicyclic amines) is 1. The maximum atomic E-state index is 14.2. The predicted octanol–water partition coefficient (Wildman–Crippen LogP) is 15.5. The normalized spacial score (nSPS) is 16.4. The molecular formula is C90H97F3N10O8S2. The maximum Gasteiger partial charge on any atom is 0.407 e. The molecular weight excluding hydrogens is 1470 g/mol. The summed E-state index contributed by atoms with van der Waals surface area (Å²) in [6, 6.07) is 74.9. The summed E-state index contributed by atoms with van der Waals surface area (Å²) in [5, 5.41) is 28.4. The van der Waals surface area contributed by atoms with E-state index in [4.69, 9.17) is 21.6 Å². The number of nitriles is 1. The average molecular weight is 1570 g/mol. The zero-order chi connectivity index (χ0) is 80.6. The summed E-state index contributed by atoms with van der Waals surface area (Å²) in [7, 11) is -2.48. The van der Waals surface area contributed by atoms with Crippen molar-refractivity contribution >= 4 is 67.6 Å². The van der Waals surface area contributed by atoms with Gasteiger partial charge in [0, 0.05) is 79.3 Å². The third kappa shape index (κ3) is 22.8. The van der Waals surface area contributed by atoms with Crippen LogP contribution in [0.4, 0.5) is 18.0 Å². The SMILES string of the molecule is COC(=O)N[C@@H](C(=O)c1ccc(CN(CCC(C)C)S(=O)(=O)c2ccccc2)s1)C(c1ccccc1)c1ccccc1.C[C@H](C(c1ccccc1)c1ccccc1)N1CC[C@@H](CNC(=O)c2ccc3ccccc3c2)N[C@@H](CCCCC(=N)N)C1=O.N#C[C@@H]1C[C@H](F)CN1C(=O)[C@@H](N)C(c1ccc(F)cc1)c1ccc(F)cc1. The van der Waals surface area contributed by atoms with Crippen LogP contribution in [0.3, 0.4) is 0 Å². The van der Waals surface area contributed by atoms with E-state index >= 15 is 0 Å². The molecule has 113 heavy (non-hydrogen) atoms. The monoisotopic (exact) mass is 1570 g/mol. The number of halogens is 3. The number of alkyl carbamates (subject to hydrolysis) is 1. The molecule has 10 aromatic rings. The van der Waals surface area contributed by atoms with Crippen molar-refractivity contribution in [1.29, 1.82) is 10.7 Å². The van der Waals surface area contributed by atoms with Gasteiger partial charge in [0.2, 0.25) is 21.8 Å². The smallest absolute Gasteiger partial charge is 0.407 e. The van der Waals surface area contributed by atoms with E-state index in [1.165, 1.54) is 82.4 Å². The van der Waals surface area contributed by atoms with Gasteiger partial charge in [-0.2, -0.15) is 9.57 Å². The molecule has 9 aromatic carbocycles. The minimum Gasteiger partial charge on any atom is -0.453 e. The lowest BCUT2D eigenvalue weighted by molar-refractivity contribution is -0.135. The Morgan fingerprint density at radius 1 is 0.690 bits per heavy atom. The molecule has 3 heterocycles. The van der Waals surface area contributed by atoms with Gasteiger partial charge in [0.1, 0.15) is 29.9 Å². The largest absolute Gasteiger partial charge is 0.453 e. The fourth-order valence-electron chi connectivity index (χ4n) is 14.5. The molecule has 0 aliphatic carbocycles. The minimum absolute atomic E-state index is 0.0175. The zero-order valence-corrected chi connectivity index (χ0v) is 65.4. The van der Waals surface area contributed by atoms with Gasteiger partial charge in [-0.05, 0) is 143 Å². The number of ketones is 1. The summed E-state index contributed by atoms with van der Waals surface area (Å²) in [5.74, 6) is -2.45. The lowest BCUT2D eigenvalue weighted by atomic mass is 9.83. The van der Waals surface area contributed by atoms with Gasteiger partial charge in [0.05, 0.1) is 47.4 Å². The van der Waals surface area contributed by atoms with Crippen LogP contribution in [0.2, 0.25) is 0 Å². The van der Waals surface area contributed by atoms with Crippen LogP contribution in [0, 0.1) is 34.3 Å². The standard InChI is InChI=1S/C37H43N5O2.C33H36N2O5S2.C20H18F3N3O/c1-26(35(28-13-4-2-5-14-28)29-15-6-3-7-16-29)42-23-22-32(41-33(37(42)44)18-10-11-19-34(38)39)25-40-36(43)31-21-20-27-12-8-9-17-30(27)24-31;1-24(2)21-22-35(42(38,39)28-17-11-6-12-18-28)23-27-19-20-29(41-27)32(36)31(34-33(37)40-3)30(25-13-7-4-8-14-25)26-15-9-5-10-16-26;21-14-5-1-12(2-6-14)18(13-3-7-15(22)8-4-13)19(25)20(27)26-11-16(23)9-17(26)10-24/h2-9,12-17,20-21,24,26,32-33,35,41H,10-11,18-19,22-23,25H2,1H3,(H3,38,39)(H,40,43);4-20,24,30-31H,21-23H2,1-3H3,(H,34,37);1-8,16-19H,9,11,25H2/t26-,32+,33+;31-;16-,17-,19-/m110/s1. The number of methoxy groups -OCH3 is 1. The van der Waals surface area contributed by atoms with Gasteiger partial charge in [0.15, 0.2) is 5.78 Å². The van der Waals surface area contributed by atoms with Gasteiger partial charge < -0.3 is 42.0 Å². The molecule has 0 radical (unpaired) electrons. The van der Waals surface area contributed by atoms with Crippen molar-refractivity contribution < 1.29 is 50.3 Å². The molecule has 18 nitrogen and oxygen atoms in total. The number of ether oxygens (including phenoxy) is 1. The molecule has 4 amide bonds. The minimum atomic E-state index is -3.75. The summed E-state index contributed by atoms with van der Waals surface area (Å²) in [4.78, 5) is 71.5. The van der Waals surface area contributed by atoms with E-state index in [2.05, 4.69) is 85.3 Å². The molecule has 2 aliphatic heterocycles. The Morgan fingerprint density at radius 2 is 1.21 bits per heavy atom. The van der Waals surface area contributed by atoms with Crippen molar-refractivity contribution in [3.8, 4) is 6.07 Å². The van der Waals surface area contributed by atoms with Gasteiger partial charge in [-0.15, -0.1) is 11.3 Å². The number of nitrogens with zero attached hydrogens (tertiary/aromatic N) is 4. The molecule has 0 bridgehead atoms. The number of rotatable bonds is 29. The van der Waals surface area contributed by atoms with Crippen molar-refractivity contribution in [2.45, 2.75) is 137 Å². The Kier molecular flexibility index (Phi) is 30.5. The second-order valence-electron chi connectivity index (χ2n) is 28.8. The summed E-state index contributed by atoms with van der Waals surface area (Å²) in [6.45, 7) is 7.57. The highest BCUT2D eigenvalue weighted by molar-refractivity contribution is 7.89. The highest BCUT2D eigenvalue weighted by Gasteiger charge is 2.42. The summed E-state index contributed by atoms with van der Waals surface area (Å²) >= 11 is 1.24. The number of unbranched alkanes of at least 4 members (excludes halogenated alkanes) is 1. The van der Waals surface area contributed by atoms with E-state index in [0.29, 0.717) is 72.8 Å². The number of Topliss-reactive ketones (excluding diaryl/α,β-unsaturated/α-hetero) is 1. The van der Waals surface area contributed by atoms with Crippen LogP contribution in [0.25, 0.3) is 10.8 Å². The predicted molar refractivity (Wildman–Crippen MR) is 437 cm³/mol. The van der Waals surface area contributed by atoms with Crippen LogP contribution in [0.1, 0.15) is 142 Å². The van der Waals surface area contributed by atoms with Gasteiger partial charge in [0.25, 0.3) is 5.91 Å². The number of carbonyl (C=O) groups excluding carboxylic acids is 5. The highest BCUT2D eigenvalue weighted by atomic mass is 32.2. The van der Waals surface area contributed by atoms with E-state index in [1.807, 2.05) is 126 Å². The Balaban J connectivity index is 0.000000185. The molecule has 588 valence electrons. The average Bonchev–Trinajstić information content (AvgIpc) is 1.79. The van der Waals surface area contributed by atoms with Crippen molar-refractivity contribution in [2.75, 3.05) is 33.3 Å². The molecule has 1 aromatic heterocycles. The highest BCUT2D eigenvalue weighted by Crippen LogP contribution is 2.36. The van der Waals surface area contributed by atoms with Crippen molar-refractivity contribution in [2.24, 2.45) is 17.4 Å². The number of amides is 4. The van der Waals surface area contributed by atoms with Crippen molar-refractivity contribution in [1.82, 2.24) is 30.1 Å². The second kappa shape index (κ2) is 40.9. The van der Waals surface area contributed by atoms with E-state index in [0.717, 1.165) is 44.5 Å². The van der Waals surface area contributed by atoms with Gasteiger partial charge >= 0.3 is 6.09 Å². The number of hydrogen-bond acceptors (Lipinski definition) is 13. The van der Waals surface area contributed by atoms with Crippen LogP contribution in [-0.2, 0) is 30.9 Å². The van der Waals surface area contributed by atoms with Gasteiger partial charge in [-0.25, -0.2) is 26.4 Å². The Bertz CT molecular complexity index is 4810. The fraction of sp³-hybridized carbons (Fsp3) is 0.300. The number of carbonyl (C=O) groups is 5. The zero-order valence-electron chi connectivity index (χ0n) is 63.7. The summed E-state index contributed by atoms with van der Waals surface area (Å²) in [6.07, 6.45) is 2.09. The third-order valence-corrected chi connectivity index (χ3v) is 23.4. The van der Waals surface area contributed by atoms with Crippen LogP contribution in [0.5, 0.6) is 0 Å². The molecule has 0 spiro atoms. The molecule has 0 saturated carbocycles. The first-order chi connectivity index (χ1) is 54.5. The summed E-state index contributed by atoms with van der Waals surface area (Å²) < 4.78 is 73.8. The van der Waals surface area contributed by atoms with E-state index in [1.54, 1.807) is 42.5 Å². The molecule has 7 atom stereocenters. The number of sulfonamides is 1. The number of amidine groups is 1. The Labute approximate surface area is 663 Å². The number of nitrogens with two attached hydrogens (primary N) is 2. The van der Waals surface area contributed by atoms with E-state index < -0.39 is 69.8 Å². The van der Waals surface area contributed by atoms with Crippen molar-refractivity contribution in [3.05, 3.63) is 315 Å². The van der Waals surface area contributed by atoms with Crippen LogP contribution < -0.4 is 27.4 Å². The van der Waals surface area contributed by atoms with Gasteiger partial charge in [-0.1, -0.05) is 214 Å². The van der Waals surface area contributed by atoms with Crippen LogP contribution in [-0.4, -0.2) is 134 Å². The van der Waals surface area contributed by atoms with E-state index in [-0.39, 0.29) is 71.9 Å². The molecule has 23 heteroatoms. The Morgan fingerprint density at radius 3 is 1.74 bits per heavy atom. The first kappa shape index (κ1) is 84.3. The van der Waals surface area contributed by atoms with Crippen molar-refractivity contribution in [3.63, 3.8) is 0 Å². The lowest BCUT2D eigenvalue weighted by Gasteiger charge is -2.36. The molecule has 2 fully saturated rings. The second-order valence-corrected chi connectivity index (χ2v) is 31.9. The number of alkyl halides is 1. The van der Waals surface area contributed by atoms with Crippen LogP contribution >= 0.6 is 11.3 Å². The first-order valence-corrected chi connectivity index (χ1v) is 40.3. The molecule has 8 N–H and O–H groups in total. The number of thiophene rings is 1. The quantitative estimate of drug-likeness (QED) is 0.0111. The topological polar surface area (TPSA) is 274 Å². The number of benzene rings is 9. The maximum absolute atomic E-state index is 14.2. The number of nitrogens with one attached hydrogen (secondary N) is 4. The van der Waals surface area contributed by atoms with Gasteiger partial charge in [-0.3, -0.25) is 24.6 Å². The van der Waals surface area contributed by atoms with E-state index in [9.17, 15) is 50.8 Å². The Hall–Kier alpha value is -11.1. The molecule has 0 unspecified atom stereocenters. The molecule has 2 aliphatic rings. The van der Waals surface area contributed by atoms with Crippen LogP contribution in [0.15, 0.2) is 260 Å². The fourth-order valence-corrected chi connectivity index (χ4v) is 17.1. The number of hydrogen-bond donors (Lipinski definition) is 6. The first-order valence-electron chi connectivity index (χ1n) is 38.0. The molecule has 12 rings (SSSR count). The third-order valence-electron chi connectivity index (χ3n) is 20.5. The molecule has 2 saturated heterocycles. The lowest BCUT2D eigenvalue weighted by Crippen LogP contribution is -2.51. The number of fused-ring (bicyclic) bond motifs is 1.